The quantitative estimate of drug-likeness (QED) is 0.841. The van der Waals surface area contributed by atoms with E-state index in [9.17, 15) is 17.2 Å². The van der Waals surface area contributed by atoms with Crippen molar-refractivity contribution >= 4 is 27.0 Å². The third-order valence-corrected chi connectivity index (χ3v) is 4.73. The lowest BCUT2D eigenvalue weighted by atomic mass is 10.3. The van der Waals surface area contributed by atoms with E-state index in [0.717, 1.165) is 17.1 Å². The number of nitrogens with one attached hydrogen (secondary N) is 1. The lowest BCUT2D eigenvalue weighted by Gasteiger charge is -2.08. The van der Waals surface area contributed by atoms with Crippen LogP contribution >= 0.6 is 11.3 Å². The molecule has 5 nitrogen and oxygen atoms in total. The van der Waals surface area contributed by atoms with Crippen LogP contribution in [0.5, 0.6) is 0 Å². The van der Waals surface area contributed by atoms with Crippen molar-refractivity contribution in [1.29, 1.82) is 0 Å². The van der Waals surface area contributed by atoms with Gasteiger partial charge in [0.1, 0.15) is 16.4 Å². The minimum absolute atomic E-state index is 0.0800. The molecule has 0 radical (unpaired) electrons. The molecule has 9 heteroatoms. The molecule has 0 atom stereocenters. The Balaban J connectivity index is 2.25. The molecule has 0 saturated heterocycles. The van der Waals surface area contributed by atoms with Crippen molar-refractivity contribution in [1.82, 2.24) is 9.71 Å². The van der Waals surface area contributed by atoms with Gasteiger partial charge in [-0.15, -0.1) is 11.3 Å². The van der Waals surface area contributed by atoms with Crippen LogP contribution in [0.4, 0.5) is 14.5 Å². The molecule has 20 heavy (non-hydrogen) atoms. The molecule has 1 aromatic carbocycles. The number of rotatable bonds is 4. The van der Waals surface area contributed by atoms with E-state index in [0.29, 0.717) is 5.69 Å². The lowest BCUT2D eigenvalue weighted by molar-refractivity contribution is 0.547. The van der Waals surface area contributed by atoms with Crippen LogP contribution in [-0.2, 0) is 16.6 Å². The van der Waals surface area contributed by atoms with E-state index in [-0.39, 0.29) is 6.54 Å². The normalized spacial score (nSPS) is 11.8. The molecular weight excluding hydrogens is 308 g/mol. The second-order valence-corrected chi connectivity index (χ2v) is 6.75. The summed E-state index contributed by atoms with van der Waals surface area (Å²) in [6.07, 6.45) is 0. The molecule has 0 spiro atoms. The zero-order valence-corrected chi connectivity index (χ0v) is 12.0. The molecule has 2 aromatic rings. The van der Waals surface area contributed by atoms with Gasteiger partial charge in [0.05, 0.1) is 17.2 Å². The van der Waals surface area contributed by atoms with Gasteiger partial charge in [0, 0.05) is 5.38 Å². The molecule has 0 saturated carbocycles. The van der Waals surface area contributed by atoms with E-state index in [4.69, 9.17) is 5.73 Å². The van der Waals surface area contributed by atoms with Crippen molar-refractivity contribution < 1.29 is 17.2 Å². The van der Waals surface area contributed by atoms with Gasteiger partial charge in [0.15, 0.2) is 5.82 Å². The lowest BCUT2D eigenvalue weighted by Crippen LogP contribution is -2.24. The van der Waals surface area contributed by atoms with Crippen LogP contribution in [0.2, 0.25) is 0 Å². The zero-order valence-electron chi connectivity index (χ0n) is 10.4. The number of aromatic nitrogens is 1. The first kappa shape index (κ1) is 14.8. The van der Waals surface area contributed by atoms with Gasteiger partial charge >= 0.3 is 0 Å². The van der Waals surface area contributed by atoms with E-state index in [1.54, 1.807) is 12.3 Å². The number of nitrogen functional groups attached to an aromatic ring is 1. The maximum Gasteiger partial charge on any atom is 0.243 e. The average Bonchev–Trinajstić information content (AvgIpc) is 2.79. The Hall–Kier alpha value is -1.58. The first-order chi connectivity index (χ1) is 9.31. The topological polar surface area (TPSA) is 85.1 Å². The Bertz CT molecular complexity index is 744. The van der Waals surface area contributed by atoms with E-state index in [2.05, 4.69) is 9.71 Å². The number of hydrogen-bond donors (Lipinski definition) is 2. The SMILES string of the molecule is Cc1nc(CNS(=O)(=O)c2ccc(F)c(N)c2F)cs1. The summed E-state index contributed by atoms with van der Waals surface area (Å²) in [5.74, 6) is -2.30. The van der Waals surface area contributed by atoms with Crippen LogP contribution < -0.4 is 10.5 Å². The third-order valence-electron chi connectivity index (χ3n) is 2.49. The number of benzene rings is 1. The summed E-state index contributed by atoms with van der Waals surface area (Å²) in [6, 6.07) is 1.63. The predicted octanol–water partition coefficient (Wildman–Crippen LogP) is 1.79. The van der Waals surface area contributed by atoms with Gasteiger partial charge in [-0.3, -0.25) is 0 Å². The van der Waals surface area contributed by atoms with Crippen molar-refractivity contribution in [2.45, 2.75) is 18.4 Å². The van der Waals surface area contributed by atoms with Crippen molar-refractivity contribution in [3.8, 4) is 0 Å². The average molecular weight is 319 g/mol. The van der Waals surface area contributed by atoms with Crippen molar-refractivity contribution in [2.24, 2.45) is 0 Å². The molecule has 0 fully saturated rings. The minimum Gasteiger partial charge on any atom is -0.394 e. The fourth-order valence-corrected chi connectivity index (χ4v) is 3.19. The summed E-state index contributed by atoms with van der Waals surface area (Å²) in [5.41, 5.74) is 4.84. The fraction of sp³-hybridized carbons (Fsp3) is 0.182. The highest BCUT2D eigenvalue weighted by atomic mass is 32.2. The Labute approximate surface area is 118 Å². The van der Waals surface area contributed by atoms with Gasteiger partial charge in [-0.05, 0) is 19.1 Å². The van der Waals surface area contributed by atoms with Crippen molar-refractivity contribution in [2.75, 3.05) is 5.73 Å². The highest BCUT2D eigenvalue weighted by Crippen LogP contribution is 2.22. The van der Waals surface area contributed by atoms with Crippen molar-refractivity contribution in [3.63, 3.8) is 0 Å². The molecule has 0 aliphatic rings. The summed E-state index contributed by atoms with van der Waals surface area (Å²) >= 11 is 1.37. The molecule has 108 valence electrons. The fourth-order valence-electron chi connectivity index (χ4n) is 1.49. The molecule has 0 aliphatic heterocycles. The zero-order chi connectivity index (χ0) is 14.9. The van der Waals surface area contributed by atoms with Crippen LogP contribution in [0.15, 0.2) is 22.4 Å². The highest BCUT2D eigenvalue weighted by Gasteiger charge is 2.22. The smallest absolute Gasteiger partial charge is 0.243 e. The van der Waals surface area contributed by atoms with Gasteiger partial charge in [0.2, 0.25) is 10.0 Å². The molecule has 1 aromatic heterocycles. The van der Waals surface area contributed by atoms with Crippen LogP contribution in [0, 0.1) is 18.6 Å². The first-order valence-corrected chi connectivity index (χ1v) is 7.81. The molecule has 2 rings (SSSR count). The number of nitrogens with zero attached hydrogens (tertiary/aromatic N) is 1. The Morgan fingerprint density at radius 1 is 1.40 bits per heavy atom. The number of thiazole rings is 1. The number of halogens is 2. The number of nitrogens with two attached hydrogens (primary N) is 1. The maximum atomic E-state index is 13.7. The molecule has 3 N–H and O–H groups in total. The third kappa shape index (κ3) is 2.94. The van der Waals surface area contributed by atoms with Crippen molar-refractivity contribution in [3.05, 3.63) is 39.8 Å². The summed E-state index contributed by atoms with van der Waals surface area (Å²) in [5, 5.41) is 2.48. The first-order valence-electron chi connectivity index (χ1n) is 5.45. The number of aryl methyl sites for hydroxylation is 1. The van der Waals surface area contributed by atoms with Crippen LogP contribution in [0.3, 0.4) is 0 Å². The molecule has 0 aliphatic carbocycles. The predicted molar refractivity (Wildman–Crippen MR) is 71.6 cm³/mol. The van der Waals surface area contributed by atoms with Crippen LogP contribution in [0.1, 0.15) is 10.7 Å². The second-order valence-electron chi connectivity index (χ2n) is 3.96. The molecule has 0 unspecified atom stereocenters. The van der Waals surface area contributed by atoms with Crippen LogP contribution in [0.25, 0.3) is 0 Å². The molecule has 1 heterocycles. The Morgan fingerprint density at radius 2 is 2.10 bits per heavy atom. The maximum absolute atomic E-state index is 13.7. The van der Waals surface area contributed by atoms with E-state index in [1.807, 2.05) is 0 Å². The van der Waals surface area contributed by atoms with Gasteiger partial charge in [-0.1, -0.05) is 0 Å². The number of hydrogen-bond acceptors (Lipinski definition) is 5. The highest BCUT2D eigenvalue weighted by molar-refractivity contribution is 7.89. The number of sulfonamides is 1. The Kier molecular flexibility index (Phi) is 4.02. The Morgan fingerprint density at radius 3 is 2.70 bits per heavy atom. The second kappa shape index (κ2) is 5.43. The summed E-state index contributed by atoms with van der Waals surface area (Å²) in [4.78, 5) is 3.38. The molecule has 0 amide bonds. The largest absolute Gasteiger partial charge is 0.394 e. The standard InChI is InChI=1S/C11H11F2N3O2S2/c1-6-16-7(5-19-6)4-15-20(17,18)9-3-2-8(12)11(14)10(9)13/h2-3,5,15H,4,14H2,1H3. The monoisotopic (exact) mass is 319 g/mol. The molecular formula is C11H11F2N3O2S2. The van der Waals surface area contributed by atoms with Gasteiger partial charge < -0.3 is 5.73 Å². The number of anilines is 1. The van der Waals surface area contributed by atoms with Gasteiger partial charge in [-0.25, -0.2) is 26.9 Å². The van der Waals surface area contributed by atoms with Gasteiger partial charge in [-0.2, -0.15) is 0 Å². The molecule has 0 bridgehead atoms. The van der Waals surface area contributed by atoms with E-state index in [1.165, 1.54) is 11.3 Å². The summed E-state index contributed by atoms with van der Waals surface area (Å²) < 4.78 is 52.8. The summed E-state index contributed by atoms with van der Waals surface area (Å²) in [6.45, 7) is 1.70. The summed E-state index contributed by atoms with van der Waals surface area (Å²) in [7, 11) is -4.13. The minimum atomic E-state index is -4.13. The van der Waals surface area contributed by atoms with Gasteiger partial charge in [0.25, 0.3) is 0 Å². The van der Waals surface area contributed by atoms with E-state index < -0.39 is 32.2 Å². The van der Waals surface area contributed by atoms with Crippen LogP contribution in [-0.4, -0.2) is 13.4 Å². The van der Waals surface area contributed by atoms with E-state index >= 15 is 0 Å².